The molecule has 3 rings (SSSR count). The van der Waals surface area contributed by atoms with Crippen LogP contribution < -0.4 is 5.32 Å². The Labute approximate surface area is 178 Å². The number of rotatable bonds is 10. The molecule has 0 aromatic heterocycles. The summed E-state index contributed by atoms with van der Waals surface area (Å²) in [6.07, 6.45) is 1.23. The standard InChI is InChI=1S/C26H29FN2O/c1-21(12-17-26(30)28-18-22-13-15-25(27)16-14-22)29(19-23-8-4-2-5-9-23)20-24-10-6-3-7-11-24/h2-11,13-16,21H,12,17-20H2,1H3,(H,28,30)/t21-/m1/s1. The predicted octanol–water partition coefficient (Wildman–Crippen LogP) is 5.31. The van der Waals surface area contributed by atoms with Crippen molar-refractivity contribution in [3.05, 3.63) is 107 Å². The van der Waals surface area contributed by atoms with Crippen molar-refractivity contribution in [2.75, 3.05) is 0 Å². The second kappa shape index (κ2) is 11.3. The Balaban J connectivity index is 1.54. The maximum absolute atomic E-state index is 13.0. The van der Waals surface area contributed by atoms with Crippen LogP contribution in [-0.2, 0) is 24.4 Å². The summed E-state index contributed by atoms with van der Waals surface area (Å²) in [7, 11) is 0. The second-order valence-electron chi connectivity index (χ2n) is 7.67. The van der Waals surface area contributed by atoms with Gasteiger partial charge in [0, 0.05) is 32.1 Å². The van der Waals surface area contributed by atoms with Gasteiger partial charge >= 0.3 is 0 Å². The van der Waals surface area contributed by atoms with Crippen molar-refractivity contribution in [2.45, 2.75) is 45.4 Å². The summed E-state index contributed by atoms with van der Waals surface area (Å²) in [5.74, 6) is -0.249. The van der Waals surface area contributed by atoms with E-state index in [0.717, 1.165) is 25.1 Å². The summed E-state index contributed by atoms with van der Waals surface area (Å²) in [5, 5.41) is 2.93. The fourth-order valence-electron chi connectivity index (χ4n) is 3.42. The highest BCUT2D eigenvalue weighted by molar-refractivity contribution is 5.75. The molecule has 0 aliphatic carbocycles. The zero-order chi connectivity index (χ0) is 21.2. The van der Waals surface area contributed by atoms with Gasteiger partial charge in [-0.25, -0.2) is 4.39 Å². The lowest BCUT2D eigenvalue weighted by atomic mass is 10.1. The van der Waals surface area contributed by atoms with Gasteiger partial charge in [-0.2, -0.15) is 0 Å². The molecule has 30 heavy (non-hydrogen) atoms. The number of amides is 1. The highest BCUT2D eigenvalue weighted by Crippen LogP contribution is 2.16. The number of hydrogen-bond acceptors (Lipinski definition) is 2. The molecule has 3 nitrogen and oxygen atoms in total. The monoisotopic (exact) mass is 404 g/mol. The van der Waals surface area contributed by atoms with Crippen LogP contribution >= 0.6 is 0 Å². The number of nitrogens with one attached hydrogen (secondary N) is 1. The van der Waals surface area contributed by atoms with Crippen molar-refractivity contribution in [1.29, 1.82) is 0 Å². The molecule has 0 aliphatic heterocycles. The molecule has 0 radical (unpaired) electrons. The van der Waals surface area contributed by atoms with Gasteiger partial charge in [-0.15, -0.1) is 0 Å². The lowest BCUT2D eigenvalue weighted by Crippen LogP contribution is -2.33. The Morgan fingerprint density at radius 1 is 0.833 bits per heavy atom. The van der Waals surface area contributed by atoms with Crippen LogP contribution in [0.3, 0.4) is 0 Å². The van der Waals surface area contributed by atoms with E-state index in [4.69, 9.17) is 0 Å². The molecule has 0 saturated carbocycles. The van der Waals surface area contributed by atoms with Crippen LogP contribution in [0, 0.1) is 5.82 Å². The lowest BCUT2D eigenvalue weighted by molar-refractivity contribution is -0.121. The van der Waals surface area contributed by atoms with Crippen molar-refractivity contribution in [3.8, 4) is 0 Å². The Bertz CT molecular complexity index is 856. The van der Waals surface area contributed by atoms with Gasteiger partial charge in [0.25, 0.3) is 0 Å². The summed E-state index contributed by atoms with van der Waals surface area (Å²) in [6.45, 7) is 4.28. The van der Waals surface area contributed by atoms with Crippen molar-refractivity contribution < 1.29 is 9.18 Å². The number of carbonyl (C=O) groups excluding carboxylic acids is 1. The highest BCUT2D eigenvalue weighted by Gasteiger charge is 2.16. The van der Waals surface area contributed by atoms with Crippen LogP contribution in [-0.4, -0.2) is 16.8 Å². The maximum atomic E-state index is 13.0. The van der Waals surface area contributed by atoms with E-state index >= 15 is 0 Å². The molecule has 0 spiro atoms. The first-order valence-corrected chi connectivity index (χ1v) is 10.4. The SMILES string of the molecule is C[C@H](CCC(=O)NCc1ccc(F)cc1)N(Cc1ccccc1)Cc1ccccc1. The summed E-state index contributed by atoms with van der Waals surface area (Å²) >= 11 is 0. The van der Waals surface area contributed by atoms with Crippen LogP contribution in [0.4, 0.5) is 4.39 Å². The van der Waals surface area contributed by atoms with Crippen molar-refractivity contribution >= 4 is 5.91 Å². The number of carbonyl (C=O) groups is 1. The summed E-state index contributed by atoms with van der Waals surface area (Å²) in [5.41, 5.74) is 3.43. The molecule has 0 aliphatic rings. The van der Waals surface area contributed by atoms with Gasteiger partial charge in [0.05, 0.1) is 0 Å². The molecule has 0 fully saturated rings. The van der Waals surface area contributed by atoms with Gasteiger partial charge in [0.1, 0.15) is 5.82 Å². The minimum absolute atomic E-state index is 0.0190. The van der Waals surface area contributed by atoms with Crippen LogP contribution in [0.5, 0.6) is 0 Å². The Kier molecular flexibility index (Phi) is 8.16. The van der Waals surface area contributed by atoms with Gasteiger partial charge in [0.2, 0.25) is 5.91 Å². The smallest absolute Gasteiger partial charge is 0.220 e. The van der Waals surface area contributed by atoms with Crippen LogP contribution in [0.2, 0.25) is 0 Å². The van der Waals surface area contributed by atoms with E-state index in [1.54, 1.807) is 12.1 Å². The van der Waals surface area contributed by atoms with E-state index in [2.05, 4.69) is 65.7 Å². The molecule has 3 aromatic carbocycles. The topological polar surface area (TPSA) is 32.3 Å². The summed E-state index contributed by atoms with van der Waals surface area (Å²) in [6, 6.07) is 27.3. The molecule has 0 heterocycles. The van der Waals surface area contributed by atoms with Crippen LogP contribution in [0.15, 0.2) is 84.9 Å². The van der Waals surface area contributed by atoms with E-state index in [-0.39, 0.29) is 17.8 Å². The number of nitrogens with zero attached hydrogens (tertiary/aromatic N) is 1. The quantitative estimate of drug-likeness (QED) is 0.496. The number of benzene rings is 3. The minimum Gasteiger partial charge on any atom is -0.352 e. The summed E-state index contributed by atoms with van der Waals surface area (Å²) in [4.78, 5) is 14.7. The van der Waals surface area contributed by atoms with Crippen molar-refractivity contribution in [2.24, 2.45) is 0 Å². The Morgan fingerprint density at radius 2 is 1.37 bits per heavy atom. The third-order valence-electron chi connectivity index (χ3n) is 5.27. The van der Waals surface area contributed by atoms with Crippen molar-refractivity contribution in [3.63, 3.8) is 0 Å². The zero-order valence-corrected chi connectivity index (χ0v) is 17.4. The predicted molar refractivity (Wildman–Crippen MR) is 119 cm³/mol. The van der Waals surface area contributed by atoms with Crippen LogP contribution in [0.1, 0.15) is 36.5 Å². The molecule has 0 saturated heterocycles. The molecule has 3 aromatic rings. The Hall–Kier alpha value is -2.98. The highest BCUT2D eigenvalue weighted by atomic mass is 19.1. The third-order valence-corrected chi connectivity index (χ3v) is 5.27. The molecule has 0 unspecified atom stereocenters. The van der Waals surface area contributed by atoms with Crippen LogP contribution in [0.25, 0.3) is 0 Å². The van der Waals surface area contributed by atoms with Gasteiger partial charge in [-0.1, -0.05) is 72.8 Å². The van der Waals surface area contributed by atoms with E-state index < -0.39 is 0 Å². The maximum Gasteiger partial charge on any atom is 0.220 e. The van der Waals surface area contributed by atoms with Gasteiger partial charge in [-0.3, -0.25) is 9.69 Å². The van der Waals surface area contributed by atoms with Crippen molar-refractivity contribution in [1.82, 2.24) is 10.2 Å². The third kappa shape index (κ3) is 7.12. The average molecular weight is 405 g/mol. The molecule has 1 atom stereocenters. The molecule has 1 amide bonds. The fourth-order valence-corrected chi connectivity index (χ4v) is 3.42. The lowest BCUT2D eigenvalue weighted by Gasteiger charge is -2.29. The van der Waals surface area contributed by atoms with E-state index in [9.17, 15) is 9.18 Å². The molecular weight excluding hydrogens is 375 g/mol. The van der Waals surface area contributed by atoms with Gasteiger partial charge in [-0.05, 0) is 42.2 Å². The van der Waals surface area contributed by atoms with Gasteiger partial charge < -0.3 is 5.32 Å². The first kappa shape index (κ1) is 21.7. The molecule has 1 N–H and O–H groups in total. The van der Waals surface area contributed by atoms with E-state index in [1.807, 2.05) is 12.1 Å². The summed E-state index contributed by atoms with van der Waals surface area (Å²) < 4.78 is 13.0. The first-order chi connectivity index (χ1) is 14.6. The molecular formula is C26H29FN2O. The fraction of sp³-hybridized carbons (Fsp3) is 0.269. The normalized spacial score (nSPS) is 12.0. The van der Waals surface area contributed by atoms with E-state index in [1.165, 1.54) is 23.3 Å². The minimum atomic E-state index is -0.268. The van der Waals surface area contributed by atoms with E-state index in [0.29, 0.717) is 13.0 Å². The zero-order valence-electron chi connectivity index (χ0n) is 17.4. The molecule has 0 bridgehead atoms. The number of halogens is 1. The number of hydrogen-bond donors (Lipinski definition) is 1. The van der Waals surface area contributed by atoms with Gasteiger partial charge in [0.15, 0.2) is 0 Å². The molecule has 156 valence electrons. The second-order valence-corrected chi connectivity index (χ2v) is 7.67. The average Bonchev–Trinajstić information content (AvgIpc) is 2.78. The molecule has 4 heteroatoms. The first-order valence-electron chi connectivity index (χ1n) is 10.4. The largest absolute Gasteiger partial charge is 0.352 e. The Morgan fingerprint density at radius 3 is 1.90 bits per heavy atom.